The second kappa shape index (κ2) is 10.4. The van der Waals surface area contributed by atoms with Crippen LogP contribution in [0.25, 0.3) is 0 Å². The number of nitrogens with one attached hydrogen (secondary N) is 1. The lowest BCUT2D eigenvalue weighted by molar-refractivity contribution is -0.438. The molecule has 4 rings (SSSR count). The predicted octanol–water partition coefficient (Wildman–Crippen LogP) is 6.48. The third kappa shape index (κ3) is 5.01. The van der Waals surface area contributed by atoms with Crippen LogP contribution in [0.5, 0.6) is 0 Å². The van der Waals surface area contributed by atoms with Gasteiger partial charge in [-0.05, 0) is 50.6 Å². The van der Waals surface area contributed by atoms with Gasteiger partial charge in [0.1, 0.15) is 6.54 Å². The second-order valence-electron chi connectivity index (χ2n) is 10.9. The van der Waals surface area contributed by atoms with Crippen molar-refractivity contribution in [1.29, 1.82) is 0 Å². The number of hydrogen-bond acceptors (Lipinski definition) is 2. The number of fused-ring (bicyclic) bond motifs is 2. The number of amides is 1. The van der Waals surface area contributed by atoms with Crippen LogP contribution in [0.4, 0.5) is 24.5 Å². The fourth-order valence-corrected chi connectivity index (χ4v) is 5.92. The summed E-state index contributed by atoms with van der Waals surface area (Å²) in [6, 6.07) is 12.0. The maximum atomic E-state index is 13.6. The molecule has 0 spiro atoms. The number of terminal acetylenes is 1. The molecule has 0 saturated carbocycles. The molecule has 0 bridgehead atoms. The summed E-state index contributed by atoms with van der Waals surface area (Å²) in [5.41, 5.74) is 3.55. The molecule has 2 aliphatic rings. The summed E-state index contributed by atoms with van der Waals surface area (Å²) in [5.74, 6) is 2.60. The highest BCUT2D eigenvalue weighted by molar-refractivity contribution is 6.03. The van der Waals surface area contributed by atoms with Crippen molar-refractivity contribution >= 4 is 23.0 Å². The van der Waals surface area contributed by atoms with E-state index < -0.39 is 22.6 Å². The molecule has 0 fully saturated rings. The van der Waals surface area contributed by atoms with Gasteiger partial charge >= 0.3 is 6.18 Å². The Hall–Kier alpha value is -3.79. The predicted molar refractivity (Wildman–Crippen MR) is 150 cm³/mol. The van der Waals surface area contributed by atoms with Gasteiger partial charge in [0.15, 0.2) is 5.71 Å². The van der Waals surface area contributed by atoms with Crippen LogP contribution in [0.3, 0.4) is 0 Å². The van der Waals surface area contributed by atoms with E-state index >= 15 is 0 Å². The number of unbranched alkanes of at least 4 members (excludes halogenated alkanes) is 1. The number of hydrogen-bond donors (Lipinski definition) is 1. The zero-order valence-electron chi connectivity index (χ0n) is 23.1. The maximum Gasteiger partial charge on any atom is 0.416 e. The Morgan fingerprint density at radius 3 is 2.54 bits per heavy atom. The summed E-state index contributed by atoms with van der Waals surface area (Å²) in [6.07, 6.45) is 8.58. The summed E-state index contributed by atoms with van der Waals surface area (Å²) in [7, 11) is 3.62. The van der Waals surface area contributed by atoms with Crippen molar-refractivity contribution in [3.8, 4) is 12.3 Å². The SMILES string of the molecule is C#CCCC[N+]1=C(/C=C/C=C2/N(C)c3ccccc3C2(C)CC(=O)NC)C(C)(C)c2cc(C(F)(F)F)ccc21. The third-order valence-electron chi connectivity index (χ3n) is 8.01. The molecule has 0 aliphatic carbocycles. The van der Waals surface area contributed by atoms with Crippen LogP contribution >= 0.6 is 0 Å². The van der Waals surface area contributed by atoms with Gasteiger partial charge in [0.2, 0.25) is 11.6 Å². The van der Waals surface area contributed by atoms with Crippen LogP contribution < -0.4 is 10.2 Å². The Balaban J connectivity index is 1.78. The number of nitrogens with zero attached hydrogens (tertiary/aromatic N) is 2. The number of carbonyl (C=O) groups is 1. The molecule has 1 N–H and O–H groups in total. The Bertz CT molecular complexity index is 1420. The van der Waals surface area contributed by atoms with Gasteiger partial charge in [0.25, 0.3) is 0 Å². The number of halogens is 3. The molecule has 2 aromatic carbocycles. The van der Waals surface area contributed by atoms with Gasteiger partial charge in [0.05, 0.1) is 11.0 Å². The monoisotopic (exact) mass is 534 g/mol. The lowest BCUT2D eigenvalue weighted by atomic mass is 9.78. The quantitative estimate of drug-likeness (QED) is 0.251. The molecule has 1 amide bonds. The van der Waals surface area contributed by atoms with Gasteiger partial charge in [-0.25, -0.2) is 0 Å². The molecule has 204 valence electrons. The van der Waals surface area contributed by atoms with E-state index in [0.29, 0.717) is 24.9 Å². The van der Waals surface area contributed by atoms with Gasteiger partial charge in [-0.15, -0.1) is 12.3 Å². The summed E-state index contributed by atoms with van der Waals surface area (Å²) < 4.78 is 42.8. The zero-order valence-corrected chi connectivity index (χ0v) is 23.1. The molecular weight excluding hydrogens is 499 g/mol. The molecule has 39 heavy (non-hydrogen) atoms. The number of anilines is 1. The number of likely N-dealkylation sites (N-methyl/N-ethyl adjacent to an activating group) is 1. The van der Waals surface area contributed by atoms with Crippen LogP contribution in [0, 0.1) is 12.3 Å². The molecule has 2 aliphatic heterocycles. The minimum Gasteiger partial charge on any atom is -0.359 e. The smallest absolute Gasteiger partial charge is 0.359 e. The third-order valence-corrected chi connectivity index (χ3v) is 8.01. The standard InChI is InChI=1S/C32H34F3N3O/c1-7-8-11-19-38-26-18-17-22(32(33,34)35)20-24(26)30(2,3)27(38)15-12-16-28-31(4,21-29(39)36-5)23-13-9-10-14-25(23)37(28)6/h1,9-10,12-18,20H,8,11,19,21H2,2-6H3/p+1. The highest BCUT2D eigenvalue weighted by Crippen LogP contribution is 2.49. The average Bonchev–Trinajstić information content (AvgIpc) is 3.23. The molecule has 0 aromatic heterocycles. The van der Waals surface area contributed by atoms with Crippen LogP contribution in [0.15, 0.2) is 66.4 Å². The van der Waals surface area contributed by atoms with Crippen LogP contribution in [0.2, 0.25) is 0 Å². The number of allylic oxidation sites excluding steroid dienone is 4. The van der Waals surface area contributed by atoms with Crippen molar-refractivity contribution in [2.24, 2.45) is 0 Å². The second-order valence-corrected chi connectivity index (χ2v) is 10.9. The molecule has 0 radical (unpaired) electrons. The Labute approximate surface area is 228 Å². The van der Waals surface area contributed by atoms with E-state index in [2.05, 4.69) is 33.7 Å². The van der Waals surface area contributed by atoms with Crippen molar-refractivity contribution in [2.75, 3.05) is 25.5 Å². The largest absolute Gasteiger partial charge is 0.416 e. The van der Waals surface area contributed by atoms with Gasteiger partial charge < -0.3 is 10.2 Å². The van der Waals surface area contributed by atoms with E-state index in [-0.39, 0.29) is 12.3 Å². The molecule has 2 heterocycles. The molecular formula is C32H35F3N3O+. The van der Waals surface area contributed by atoms with Gasteiger partial charge in [0, 0.05) is 67.9 Å². The Morgan fingerprint density at radius 2 is 1.87 bits per heavy atom. The first kappa shape index (κ1) is 28.2. The van der Waals surface area contributed by atoms with E-state index in [1.54, 1.807) is 13.1 Å². The number of carbonyl (C=O) groups excluding carboxylic acids is 1. The highest BCUT2D eigenvalue weighted by Gasteiger charge is 2.46. The van der Waals surface area contributed by atoms with E-state index in [1.807, 2.05) is 57.3 Å². The minimum atomic E-state index is -4.42. The van der Waals surface area contributed by atoms with Crippen molar-refractivity contribution in [3.05, 3.63) is 83.1 Å². The summed E-state index contributed by atoms with van der Waals surface area (Å²) in [4.78, 5) is 14.6. The number of rotatable bonds is 7. The summed E-state index contributed by atoms with van der Waals surface area (Å²) >= 11 is 0. The van der Waals surface area contributed by atoms with Gasteiger partial charge in [-0.3, -0.25) is 4.79 Å². The first-order chi connectivity index (χ1) is 18.4. The average molecular weight is 535 g/mol. The summed E-state index contributed by atoms with van der Waals surface area (Å²) in [6.45, 7) is 6.57. The van der Waals surface area contributed by atoms with Crippen molar-refractivity contribution in [3.63, 3.8) is 0 Å². The lowest BCUT2D eigenvalue weighted by Gasteiger charge is -2.28. The minimum absolute atomic E-state index is 0.0561. The fraction of sp³-hybridized carbons (Fsp3) is 0.375. The summed E-state index contributed by atoms with van der Waals surface area (Å²) in [5, 5.41) is 2.74. The molecule has 0 saturated heterocycles. The van der Waals surface area contributed by atoms with E-state index in [0.717, 1.165) is 34.4 Å². The Morgan fingerprint density at radius 1 is 1.15 bits per heavy atom. The van der Waals surface area contributed by atoms with Gasteiger partial charge in [-0.1, -0.05) is 24.3 Å². The zero-order chi connectivity index (χ0) is 28.6. The first-order valence-electron chi connectivity index (χ1n) is 13.1. The fourth-order valence-electron chi connectivity index (χ4n) is 5.92. The molecule has 1 atom stereocenters. The van der Waals surface area contributed by atoms with E-state index in [1.165, 1.54) is 6.07 Å². The molecule has 1 unspecified atom stereocenters. The van der Waals surface area contributed by atoms with Crippen molar-refractivity contribution < 1.29 is 22.5 Å². The van der Waals surface area contributed by atoms with Crippen molar-refractivity contribution in [2.45, 2.75) is 57.0 Å². The van der Waals surface area contributed by atoms with Crippen molar-refractivity contribution in [1.82, 2.24) is 5.32 Å². The lowest BCUT2D eigenvalue weighted by Crippen LogP contribution is -2.33. The molecule has 7 heteroatoms. The molecule has 4 nitrogen and oxygen atoms in total. The Kier molecular flexibility index (Phi) is 7.53. The molecule has 2 aromatic rings. The van der Waals surface area contributed by atoms with Crippen LogP contribution in [-0.4, -0.2) is 36.8 Å². The van der Waals surface area contributed by atoms with Gasteiger partial charge in [-0.2, -0.15) is 17.7 Å². The normalized spacial score (nSPS) is 20.9. The first-order valence-corrected chi connectivity index (χ1v) is 13.1. The topological polar surface area (TPSA) is 35.4 Å². The van der Waals surface area contributed by atoms with E-state index in [9.17, 15) is 18.0 Å². The number of benzene rings is 2. The number of alkyl halides is 3. The maximum absolute atomic E-state index is 13.6. The highest BCUT2D eigenvalue weighted by atomic mass is 19.4. The number of para-hydroxylation sites is 1. The van der Waals surface area contributed by atoms with Crippen LogP contribution in [-0.2, 0) is 21.8 Å². The van der Waals surface area contributed by atoms with E-state index in [4.69, 9.17) is 6.42 Å². The van der Waals surface area contributed by atoms with Crippen LogP contribution in [0.1, 0.15) is 56.7 Å².